The number of aromatic nitrogens is 4. The highest BCUT2D eigenvalue weighted by molar-refractivity contribution is 7.11. The third kappa shape index (κ3) is 4.74. The Balaban J connectivity index is 0.00000126. The number of imidazole rings is 1. The molecule has 0 radical (unpaired) electrons. The molecule has 0 aliphatic heterocycles. The van der Waals surface area contributed by atoms with Gasteiger partial charge in [-0.1, -0.05) is 27.7 Å². The van der Waals surface area contributed by atoms with Gasteiger partial charge in [0.2, 0.25) is 0 Å². The highest BCUT2D eigenvalue weighted by Gasteiger charge is 2.10. The molecule has 1 unspecified atom stereocenters. The molecular weight excluding hydrogens is 360 g/mol. The number of thiophene rings is 1. The third-order valence-corrected chi connectivity index (χ3v) is 5.21. The first-order valence-corrected chi connectivity index (χ1v) is 10.0. The van der Waals surface area contributed by atoms with Gasteiger partial charge in [-0.3, -0.25) is 9.59 Å². The van der Waals surface area contributed by atoms with E-state index in [-0.39, 0.29) is 27.7 Å². The lowest BCUT2D eigenvalue weighted by atomic mass is 10.0. The first-order chi connectivity index (χ1) is 13.0. The summed E-state index contributed by atoms with van der Waals surface area (Å²) in [4.78, 5) is 38.3. The van der Waals surface area contributed by atoms with Gasteiger partial charge in [0.15, 0.2) is 0 Å². The maximum atomic E-state index is 12.4. The summed E-state index contributed by atoms with van der Waals surface area (Å²) >= 11 is 1.52. The van der Waals surface area contributed by atoms with Crippen LogP contribution in [0.25, 0.3) is 12.2 Å². The number of hydrogen-bond acceptors (Lipinski definition) is 4. The molecule has 0 fully saturated rings. The van der Waals surface area contributed by atoms with Crippen molar-refractivity contribution < 1.29 is 0 Å². The predicted octanol–water partition coefficient (Wildman–Crippen LogP) is 2.35. The Kier molecular flexibility index (Phi) is 7.12. The fourth-order valence-corrected chi connectivity index (χ4v) is 3.38. The number of H-pyrrole nitrogens is 3. The Labute approximate surface area is 161 Å². The first-order valence-electron chi connectivity index (χ1n) is 9.13. The van der Waals surface area contributed by atoms with Crippen molar-refractivity contribution in [2.24, 2.45) is 0 Å². The van der Waals surface area contributed by atoms with E-state index in [9.17, 15) is 9.59 Å². The van der Waals surface area contributed by atoms with Gasteiger partial charge in [-0.05, 0) is 48.4 Å². The summed E-state index contributed by atoms with van der Waals surface area (Å²) in [5.41, 5.74) is 2.00. The van der Waals surface area contributed by atoms with E-state index in [4.69, 9.17) is 0 Å². The molecule has 0 saturated carbocycles. The standard InChI is InChI=1S/C18H20N4O2S.C2H6/c1-4-10(2)16-12(19-9-20-16)7-13-17(23)22-14(18(24)21-13)8-15-11(3)5-6-25-15;1-2/h5-10H,4H2,1-3H3,(H,19,20)(H,21,24)(H,22,23);1-2H3/b13-7-,14-8-;. The summed E-state index contributed by atoms with van der Waals surface area (Å²) in [6.07, 6.45) is 5.85. The molecule has 0 aliphatic carbocycles. The molecule has 3 N–H and O–H groups in total. The Morgan fingerprint density at radius 3 is 2.33 bits per heavy atom. The molecule has 1 atom stereocenters. The molecule has 6 nitrogen and oxygen atoms in total. The van der Waals surface area contributed by atoms with Crippen LogP contribution in [0, 0.1) is 6.92 Å². The largest absolute Gasteiger partial charge is 0.348 e. The number of nitrogens with zero attached hydrogens (tertiary/aromatic N) is 1. The molecular formula is C20H26N4O2S. The molecule has 7 heteroatoms. The molecule has 0 amide bonds. The maximum Gasteiger partial charge on any atom is 0.272 e. The zero-order chi connectivity index (χ0) is 20.0. The van der Waals surface area contributed by atoms with Crippen molar-refractivity contribution in [3.8, 4) is 0 Å². The minimum Gasteiger partial charge on any atom is -0.348 e. The van der Waals surface area contributed by atoms with E-state index in [1.165, 1.54) is 11.3 Å². The van der Waals surface area contributed by atoms with Gasteiger partial charge in [-0.15, -0.1) is 11.3 Å². The highest BCUT2D eigenvalue weighted by atomic mass is 32.1. The second-order valence-corrected chi connectivity index (χ2v) is 6.95. The summed E-state index contributed by atoms with van der Waals surface area (Å²) in [7, 11) is 0. The Morgan fingerprint density at radius 1 is 1.15 bits per heavy atom. The first kappa shape index (κ1) is 20.6. The summed E-state index contributed by atoms with van der Waals surface area (Å²) in [5, 5.41) is 2.39. The maximum absolute atomic E-state index is 12.4. The van der Waals surface area contributed by atoms with Crippen molar-refractivity contribution in [2.75, 3.05) is 0 Å². The molecule has 3 rings (SSSR count). The van der Waals surface area contributed by atoms with Crippen molar-refractivity contribution in [1.82, 2.24) is 19.9 Å². The van der Waals surface area contributed by atoms with Crippen LogP contribution >= 0.6 is 11.3 Å². The third-order valence-electron chi connectivity index (χ3n) is 4.25. The molecule has 27 heavy (non-hydrogen) atoms. The molecule has 3 aromatic rings. The Bertz CT molecular complexity index is 1120. The van der Waals surface area contributed by atoms with E-state index < -0.39 is 0 Å². The summed E-state index contributed by atoms with van der Waals surface area (Å²) in [6, 6.07) is 1.97. The van der Waals surface area contributed by atoms with Crippen LogP contribution in [0.1, 0.15) is 61.9 Å². The average molecular weight is 387 g/mol. The van der Waals surface area contributed by atoms with Gasteiger partial charge >= 0.3 is 0 Å². The number of nitrogens with one attached hydrogen (secondary N) is 3. The van der Waals surface area contributed by atoms with Crippen molar-refractivity contribution in [3.63, 3.8) is 0 Å². The number of aromatic amines is 3. The van der Waals surface area contributed by atoms with Crippen molar-refractivity contribution in [3.05, 3.63) is 71.0 Å². The van der Waals surface area contributed by atoms with Crippen LogP contribution in [-0.2, 0) is 0 Å². The normalized spacial score (nSPS) is 13.4. The lowest BCUT2D eigenvalue weighted by molar-refractivity contribution is 0.711. The van der Waals surface area contributed by atoms with E-state index >= 15 is 0 Å². The highest BCUT2D eigenvalue weighted by Crippen LogP contribution is 2.19. The fraction of sp³-hybridized carbons (Fsp3) is 0.350. The Morgan fingerprint density at radius 2 is 1.78 bits per heavy atom. The van der Waals surface area contributed by atoms with Crippen LogP contribution < -0.4 is 21.8 Å². The summed E-state index contributed by atoms with van der Waals surface area (Å²) < 4.78 is 0. The zero-order valence-corrected chi connectivity index (χ0v) is 17.2. The van der Waals surface area contributed by atoms with E-state index in [1.54, 1.807) is 18.5 Å². The predicted molar refractivity (Wildman–Crippen MR) is 112 cm³/mol. The smallest absolute Gasteiger partial charge is 0.272 e. The lowest BCUT2D eigenvalue weighted by Crippen LogP contribution is -2.46. The van der Waals surface area contributed by atoms with Gasteiger partial charge in [0.1, 0.15) is 10.7 Å². The SMILES string of the molecule is CC.CCC(C)c1[nH]cnc1/C=c1\[nH]c(=O)/c(=C/c2sccc2C)[nH]c1=O. The van der Waals surface area contributed by atoms with Gasteiger partial charge in [0.25, 0.3) is 11.1 Å². The van der Waals surface area contributed by atoms with E-state index in [0.29, 0.717) is 5.69 Å². The van der Waals surface area contributed by atoms with Gasteiger partial charge in [-0.25, -0.2) is 4.98 Å². The van der Waals surface area contributed by atoms with Gasteiger partial charge < -0.3 is 15.0 Å². The van der Waals surface area contributed by atoms with Crippen LogP contribution in [0.5, 0.6) is 0 Å². The zero-order valence-electron chi connectivity index (χ0n) is 16.3. The van der Waals surface area contributed by atoms with Crippen LogP contribution in [0.2, 0.25) is 0 Å². The summed E-state index contributed by atoms with van der Waals surface area (Å²) in [6.45, 7) is 10.1. The molecule has 0 aliphatic rings. The minimum atomic E-state index is -0.349. The van der Waals surface area contributed by atoms with E-state index in [0.717, 1.165) is 22.6 Å². The van der Waals surface area contributed by atoms with Gasteiger partial charge in [-0.2, -0.15) is 0 Å². The second kappa shape index (κ2) is 9.32. The average Bonchev–Trinajstić information content (AvgIpc) is 3.29. The van der Waals surface area contributed by atoms with E-state index in [1.807, 2.05) is 32.2 Å². The monoisotopic (exact) mass is 386 g/mol. The van der Waals surface area contributed by atoms with Crippen LogP contribution in [0.15, 0.2) is 27.4 Å². The molecule has 0 spiro atoms. The molecule has 0 aromatic carbocycles. The minimum absolute atomic E-state index is 0.196. The molecule has 0 bridgehead atoms. The second-order valence-electron chi connectivity index (χ2n) is 6.00. The van der Waals surface area contributed by atoms with Crippen molar-refractivity contribution >= 4 is 23.5 Å². The van der Waals surface area contributed by atoms with E-state index in [2.05, 4.69) is 33.8 Å². The quantitative estimate of drug-likeness (QED) is 0.642. The van der Waals surface area contributed by atoms with Gasteiger partial charge in [0, 0.05) is 10.6 Å². The fourth-order valence-electron chi connectivity index (χ4n) is 2.52. The van der Waals surface area contributed by atoms with Crippen LogP contribution in [0.3, 0.4) is 0 Å². The summed E-state index contributed by atoms with van der Waals surface area (Å²) in [5.74, 6) is 0.286. The van der Waals surface area contributed by atoms with Gasteiger partial charge in [0.05, 0.1) is 12.0 Å². The van der Waals surface area contributed by atoms with Crippen LogP contribution in [0.4, 0.5) is 0 Å². The molecule has 3 aromatic heterocycles. The van der Waals surface area contributed by atoms with Crippen LogP contribution in [-0.4, -0.2) is 19.9 Å². The number of rotatable bonds is 4. The number of hydrogen-bond donors (Lipinski definition) is 3. The molecule has 144 valence electrons. The lowest BCUT2D eigenvalue weighted by Gasteiger charge is -2.06. The van der Waals surface area contributed by atoms with Crippen molar-refractivity contribution in [1.29, 1.82) is 0 Å². The topological polar surface area (TPSA) is 94.4 Å². The number of aryl methyl sites for hydroxylation is 1. The Hall–Kier alpha value is -2.67. The van der Waals surface area contributed by atoms with Crippen molar-refractivity contribution in [2.45, 2.75) is 47.0 Å². The molecule has 0 saturated heterocycles. The molecule has 3 heterocycles.